The van der Waals surface area contributed by atoms with E-state index < -0.39 is 0 Å². The van der Waals surface area contributed by atoms with Crippen molar-refractivity contribution in [2.75, 3.05) is 25.0 Å². The van der Waals surface area contributed by atoms with Crippen LogP contribution in [0.1, 0.15) is 17.9 Å². The molecule has 1 N–H and O–H groups in total. The van der Waals surface area contributed by atoms with Crippen molar-refractivity contribution in [3.63, 3.8) is 0 Å². The van der Waals surface area contributed by atoms with Crippen LogP contribution in [0.25, 0.3) is 0 Å². The Balaban J connectivity index is 1.44. The van der Waals surface area contributed by atoms with Crippen molar-refractivity contribution < 1.29 is 4.79 Å². The summed E-state index contributed by atoms with van der Waals surface area (Å²) in [7, 11) is 2.04. The van der Waals surface area contributed by atoms with Crippen LogP contribution in [0.15, 0.2) is 59.1 Å². The summed E-state index contributed by atoms with van der Waals surface area (Å²) in [5.41, 5.74) is 2.42. The largest absolute Gasteiger partial charge is 0.373 e. The Morgan fingerprint density at radius 1 is 1.22 bits per heavy atom. The van der Waals surface area contributed by atoms with E-state index in [0.717, 1.165) is 17.4 Å². The van der Waals surface area contributed by atoms with E-state index in [1.807, 2.05) is 37.4 Å². The number of nitrogens with one attached hydrogen (secondary N) is 1. The van der Waals surface area contributed by atoms with E-state index in [-0.39, 0.29) is 11.8 Å². The van der Waals surface area contributed by atoms with Crippen LogP contribution in [-0.4, -0.2) is 26.0 Å². The molecule has 0 saturated heterocycles. The molecule has 1 aliphatic rings. The van der Waals surface area contributed by atoms with Gasteiger partial charge in [0.2, 0.25) is 5.91 Å². The molecule has 2 unspecified atom stereocenters. The fourth-order valence-corrected chi connectivity index (χ4v) is 3.30. The minimum atomic E-state index is 0.131. The number of benzene rings is 2. The number of nitrogens with zero attached hydrogens (tertiary/aromatic N) is 1. The first-order valence-electron chi connectivity index (χ1n) is 7.94. The monoisotopic (exact) mass is 372 g/mol. The number of anilines is 1. The van der Waals surface area contributed by atoms with Crippen LogP contribution < -0.4 is 10.2 Å². The van der Waals surface area contributed by atoms with Crippen LogP contribution in [0.5, 0.6) is 0 Å². The van der Waals surface area contributed by atoms with Crippen LogP contribution in [0.3, 0.4) is 0 Å². The molecule has 0 aliphatic heterocycles. The van der Waals surface area contributed by atoms with Crippen molar-refractivity contribution in [2.24, 2.45) is 5.92 Å². The van der Waals surface area contributed by atoms with Crippen LogP contribution in [0.2, 0.25) is 0 Å². The zero-order valence-electron chi connectivity index (χ0n) is 13.2. The molecule has 4 heteroatoms. The van der Waals surface area contributed by atoms with E-state index in [1.54, 1.807) is 0 Å². The summed E-state index contributed by atoms with van der Waals surface area (Å²) in [6.45, 7) is 1.48. The van der Waals surface area contributed by atoms with Gasteiger partial charge < -0.3 is 10.2 Å². The third-order valence-corrected chi connectivity index (χ3v) is 4.84. The minimum absolute atomic E-state index is 0.131. The van der Waals surface area contributed by atoms with Crippen molar-refractivity contribution in [3.05, 3.63) is 64.6 Å². The van der Waals surface area contributed by atoms with E-state index in [1.165, 1.54) is 11.3 Å². The molecule has 2 aromatic carbocycles. The van der Waals surface area contributed by atoms with Gasteiger partial charge in [0.25, 0.3) is 0 Å². The first kappa shape index (κ1) is 16.1. The predicted molar refractivity (Wildman–Crippen MR) is 97.7 cm³/mol. The molecule has 3 nitrogen and oxygen atoms in total. The molecule has 1 saturated carbocycles. The Bertz CT molecular complexity index is 674. The minimum Gasteiger partial charge on any atom is -0.373 e. The van der Waals surface area contributed by atoms with Crippen LogP contribution in [-0.2, 0) is 4.79 Å². The SMILES string of the molecule is CN(CCNC(=O)C1CC1c1cccc(Br)c1)c1ccccc1. The lowest BCUT2D eigenvalue weighted by Crippen LogP contribution is -2.34. The van der Waals surface area contributed by atoms with Gasteiger partial charge in [0.1, 0.15) is 0 Å². The summed E-state index contributed by atoms with van der Waals surface area (Å²) in [5, 5.41) is 3.07. The topological polar surface area (TPSA) is 32.3 Å². The quantitative estimate of drug-likeness (QED) is 0.835. The fourth-order valence-electron chi connectivity index (χ4n) is 2.88. The molecule has 0 aromatic heterocycles. The highest BCUT2D eigenvalue weighted by Gasteiger charge is 2.43. The molecule has 1 fully saturated rings. The maximum Gasteiger partial charge on any atom is 0.223 e. The standard InChI is InChI=1S/C19H21BrN2O/c1-22(16-8-3-2-4-9-16)11-10-21-19(23)18-13-17(18)14-6-5-7-15(20)12-14/h2-9,12,17-18H,10-11,13H2,1H3,(H,21,23). The molecule has 23 heavy (non-hydrogen) atoms. The highest BCUT2D eigenvalue weighted by Crippen LogP contribution is 2.47. The number of para-hydroxylation sites is 1. The summed E-state index contributed by atoms with van der Waals surface area (Å²) in [6, 6.07) is 18.5. The molecular formula is C19H21BrN2O. The maximum atomic E-state index is 12.3. The molecule has 0 radical (unpaired) electrons. The van der Waals surface area contributed by atoms with E-state index in [0.29, 0.717) is 12.5 Å². The van der Waals surface area contributed by atoms with Crippen LogP contribution >= 0.6 is 15.9 Å². The van der Waals surface area contributed by atoms with Gasteiger partial charge >= 0.3 is 0 Å². The van der Waals surface area contributed by atoms with Gasteiger partial charge in [-0.3, -0.25) is 4.79 Å². The van der Waals surface area contributed by atoms with Crippen LogP contribution in [0, 0.1) is 5.92 Å². The lowest BCUT2D eigenvalue weighted by Gasteiger charge is -2.19. The fraction of sp³-hybridized carbons (Fsp3) is 0.316. The van der Waals surface area contributed by atoms with Crippen molar-refractivity contribution in [3.8, 4) is 0 Å². The number of rotatable bonds is 6. The Labute approximate surface area is 145 Å². The molecule has 0 heterocycles. The highest BCUT2D eigenvalue weighted by atomic mass is 79.9. The first-order valence-corrected chi connectivity index (χ1v) is 8.74. The summed E-state index contributed by atoms with van der Waals surface area (Å²) in [6.07, 6.45) is 0.955. The van der Waals surface area contributed by atoms with Gasteiger partial charge in [-0.25, -0.2) is 0 Å². The molecular weight excluding hydrogens is 352 g/mol. The predicted octanol–water partition coefficient (Wildman–Crippen LogP) is 3.81. The number of likely N-dealkylation sites (N-methyl/N-ethyl adjacent to an activating group) is 1. The smallest absolute Gasteiger partial charge is 0.223 e. The first-order chi connectivity index (χ1) is 11.1. The third kappa shape index (κ3) is 4.14. The van der Waals surface area contributed by atoms with Crippen molar-refractivity contribution in [1.82, 2.24) is 5.32 Å². The van der Waals surface area contributed by atoms with Gasteiger partial charge in [0.15, 0.2) is 0 Å². The Morgan fingerprint density at radius 3 is 2.74 bits per heavy atom. The van der Waals surface area contributed by atoms with Gasteiger partial charge in [0, 0.05) is 36.2 Å². The average Bonchev–Trinajstić information content (AvgIpc) is 3.36. The van der Waals surface area contributed by atoms with Gasteiger partial charge in [-0.05, 0) is 42.2 Å². The van der Waals surface area contributed by atoms with Crippen LogP contribution in [0.4, 0.5) is 5.69 Å². The zero-order chi connectivity index (χ0) is 16.2. The molecule has 1 aliphatic carbocycles. The molecule has 2 aromatic rings. The Morgan fingerprint density at radius 2 is 2.00 bits per heavy atom. The number of hydrogen-bond donors (Lipinski definition) is 1. The van der Waals surface area contributed by atoms with E-state index in [9.17, 15) is 4.79 Å². The maximum absolute atomic E-state index is 12.3. The number of hydrogen-bond acceptors (Lipinski definition) is 2. The van der Waals surface area contributed by atoms with E-state index >= 15 is 0 Å². The van der Waals surface area contributed by atoms with Crippen molar-refractivity contribution in [1.29, 1.82) is 0 Å². The summed E-state index contributed by atoms with van der Waals surface area (Å²) >= 11 is 3.49. The van der Waals surface area contributed by atoms with Gasteiger partial charge in [0.05, 0.1) is 0 Å². The van der Waals surface area contributed by atoms with Crippen molar-refractivity contribution >= 4 is 27.5 Å². The van der Waals surface area contributed by atoms with E-state index in [4.69, 9.17) is 0 Å². The number of amides is 1. The number of halogens is 1. The summed E-state index contributed by atoms with van der Waals surface area (Å²) in [5.74, 6) is 0.683. The second kappa shape index (κ2) is 7.18. The lowest BCUT2D eigenvalue weighted by atomic mass is 10.1. The highest BCUT2D eigenvalue weighted by molar-refractivity contribution is 9.10. The van der Waals surface area contributed by atoms with Gasteiger partial charge in [-0.2, -0.15) is 0 Å². The second-order valence-corrected chi connectivity index (χ2v) is 6.97. The number of carbonyl (C=O) groups excluding carboxylic acids is 1. The molecule has 3 rings (SSSR count). The van der Waals surface area contributed by atoms with E-state index in [2.05, 4.69) is 50.4 Å². The lowest BCUT2D eigenvalue weighted by molar-refractivity contribution is -0.122. The molecule has 120 valence electrons. The number of carbonyl (C=O) groups is 1. The molecule has 0 spiro atoms. The normalized spacial score (nSPS) is 19.2. The molecule has 2 atom stereocenters. The van der Waals surface area contributed by atoms with Crippen molar-refractivity contribution in [2.45, 2.75) is 12.3 Å². The zero-order valence-corrected chi connectivity index (χ0v) is 14.8. The molecule has 0 bridgehead atoms. The second-order valence-electron chi connectivity index (χ2n) is 6.05. The summed E-state index contributed by atoms with van der Waals surface area (Å²) < 4.78 is 1.07. The van der Waals surface area contributed by atoms with Gasteiger partial charge in [-0.1, -0.05) is 46.3 Å². The average molecular weight is 373 g/mol. The molecule has 1 amide bonds. The van der Waals surface area contributed by atoms with Gasteiger partial charge in [-0.15, -0.1) is 0 Å². The Kier molecular flexibility index (Phi) is 5.01. The summed E-state index contributed by atoms with van der Waals surface area (Å²) in [4.78, 5) is 14.4. The Hall–Kier alpha value is -1.81. The third-order valence-electron chi connectivity index (χ3n) is 4.35.